The van der Waals surface area contributed by atoms with Crippen LogP contribution in [0.4, 0.5) is 0 Å². The van der Waals surface area contributed by atoms with E-state index in [1.165, 1.54) is 0 Å². The van der Waals surface area contributed by atoms with E-state index in [1.807, 2.05) is 61.6 Å². The third-order valence-corrected chi connectivity index (χ3v) is 6.30. The number of aromatic nitrogens is 3. The molecule has 4 rings (SSSR count). The van der Waals surface area contributed by atoms with Gasteiger partial charge in [-0.15, -0.1) is 10.2 Å². The SMILES string of the molecule is COc1cccc(-n2c(CN(C)Cc3ccc(O)cc3)nnc2SCc2cccc(Cl)c2)c1. The van der Waals surface area contributed by atoms with Crippen molar-refractivity contribution in [1.82, 2.24) is 19.7 Å². The van der Waals surface area contributed by atoms with E-state index in [-0.39, 0.29) is 5.75 Å². The van der Waals surface area contributed by atoms with Crippen LogP contribution in [0.3, 0.4) is 0 Å². The van der Waals surface area contributed by atoms with Crippen molar-refractivity contribution in [3.05, 3.63) is 94.8 Å². The summed E-state index contributed by atoms with van der Waals surface area (Å²) in [6.45, 7) is 1.32. The van der Waals surface area contributed by atoms with E-state index in [0.29, 0.717) is 6.54 Å². The van der Waals surface area contributed by atoms with Crippen molar-refractivity contribution < 1.29 is 9.84 Å². The minimum absolute atomic E-state index is 0.264. The van der Waals surface area contributed by atoms with Crippen molar-refractivity contribution >= 4 is 23.4 Å². The molecule has 1 aromatic heterocycles. The normalized spacial score (nSPS) is 11.2. The maximum atomic E-state index is 9.53. The van der Waals surface area contributed by atoms with Crippen LogP contribution in [0.5, 0.6) is 11.5 Å². The molecule has 8 heteroatoms. The first-order valence-corrected chi connectivity index (χ1v) is 11.8. The van der Waals surface area contributed by atoms with Crippen LogP contribution >= 0.6 is 23.4 Å². The van der Waals surface area contributed by atoms with Crippen LogP contribution in [-0.2, 0) is 18.8 Å². The van der Waals surface area contributed by atoms with Gasteiger partial charge in [0.05, 0.1) is 19.3 Å². The quantitative estimate of drug-likeness (QED) is 0.316. The average Bonchev–Trinajstić information content (AvgIpc) is 3.21. The van der Waals surface area contributed by atoms with Crippen molar-refractivity contribution in [3.63, 3.8) is 0 Å². The summed E-state index contributed by atoms with van der Waals surface area (Å²) in [6.07, 6.45) is 0. The van der Waals surface area contributed by atoms with Crippen LogP contribution in [-0.4, -0.2) is 38.9 Å². The van der Waals surface area contributed by atoms with Crippen molar-refractivity contribution in [2.24, 2.45) is 0 Å². The van der Waals surface area contributed by atoms with Gasteiger partial charge in [-0.3, -0.25) is 9.47 Å². The molecule has 0 spiro atoms. The minimum atomic E-state index is 0.264. The van der Waals surface area contributed by atoms with E-state index in [4.69, 9.17) is 16.3 Å². The van der Waals surface area contributed by atoms with Crippen molar-refractivity contribution in [2.45, 2.75) is 24.0 Å². The number of hydrogen-bond donors (Lipinski definition) is 1. The molecule has 0 bridgehead atoms. The largest absolute Gasteiger partial charge is 0.508 e. The Morgan fingerprint density at radius 1 is 0.970 bits per heavy atom. The first-order chi connectivity index (χ1) is 16.0. The Morgan fingerprint density at radius 3 is 2.52 bits per heavy atom. The lowest BCUT2D eigenvalue weighted by atomic mass is 10.2. The first-order valence-electron chi connectivity index (χ1n) is 10.4. The van der Waals surface area contributed by atoms with Gasteiger partial charge < -0.3 is 9.84 Å². The number of methoxy groups -OCH3 is 1. The summed E-state index contributed by atoms with van der Waals surface area (Å²) < 4.78 is 7.51. The molecule has 0 saturated carbocycles. The Balaban J connectivity index is 1.59. The fourth-order valence-electron chi connectivity index (χ4n) is 3.49. The molecule has 0 saturated heterocycles. The van der Waals surface area contributed by atoms with Crippen LogP contribution in [0.1, 0.15) is 17.0 Å². The summed E-state index contributed by atoms with van der Waals surface area (Å²) in [5, 5.41) is 20.1. The van der Waals surface area contributed by atoms with Gasteiger partial charge in [-0.25, -0.2) is 0 Å². The maximum Gasteiger partial charge on any atom is 0.196 e. The van der Waals surface area contributed by atoms with Gasteiger partial charge >= 0.3 is 0 Å². The van der Waals surface area contributed by atoms with Gasteiger partial charge in [0.1, 0.15) is 11.5 Å². The molecule has 0 aliphatic carbocycles. The lowest BCUT2D eigenvalue weighted by molar-refractivity contribution is 0.308. The number of benzene rings is 3. The molecule has 0 aliphatic rings. The second-order valence-corrected chi connectivity index (χ2v) is 9.07. The zero-order valence-electron chi connectivity index (χ0n) is 18.5. The van der Waals surface area contributed by atoms with Crippen molar-refractivity contribution in [2.75, 3.05) is 14.2 Å². The van der Waals surface area contributed by atoms with Crippen molar-refractivity contribution in [3.8, 4) is 17.2 Å². The van der Waals surface area contributed by atoms with Gasteiger partial charge in [0, 0.05) is 23.4 Å². The molecule has 6 nitrogen and oxygen atoms in total. The zero-order chi connectivity index (χ0) is 23.2. The van der Waals surface area contributed by atoms with Crippen LogP contribution in [0.2, 0.25) is 5.02 Å². The van der Waals surface area contributed by atoms with E-state index in [0.717, 1.165) is 50.9 Å². The van der Waals surface area contributed by atoms with E-state index < -0.39 is 0 Å². The molecule has 0 aliphatic heterocycles. The van der Waals surface area contributed by atoms with Gasteiger partial charge in [-0.05, 0) is 54.6 Å². The number of phenolic OH excluding ortho intramolecular Hbond substituents is 1. The molecule has 0 atom stereocenters. The lowest BCUT2D eigenvalue weighted by Crippen LogP contribution is -2.20. The fourth-order valence-corrected chi connectivity index (χ4v) is 4.62. The molecule has 3 aromatic carbocycles. The number of halogens is 1. The molecule has 0 amide bonds. The summed E-state index contributed by atoms with van der Waals surface area (Å²) in [4.78, 5) is 2.17. The molecule has 1 N–H and O–H groups in total. The third kappa shape index (κ3) is 6.07. The minimum Gasteiger partial charge on any atom is -0.508 e. The summed E-state index contributed by atoms with van der Waals surface area (Å²) in [5.74, 6) is 2.60. The molecular weight excluding hydrogens is 456 g/mol. The molecular formula is C25H25ClN4O2S. The van der Waals surface area contributed by atoms with Gasteiger partial charge in [0.15, 0.2) is 11.0 Å². The fraction of sp³-hybridized carbons (Fsp3) is 0.200. The molecule has 0 fully saturated rings. The number of hydrogen-bond acceptors (Lipinski definition) is 6. The van der Waals surface area contributed by atoms with E-state index >= 15 is 0 Å². The summed E-state index contributed by atoms with van der Waals surface area (Å²) >= 11 is 7.76. The van der Waals surface area contributed by atoms with Crippen LogP contribution in [0, 0.1) is 0 Å². The van der Waals surface area contributed by atoms with Crippen LogP contribution < -0.4 is 4.74 Å². The Kier molecular flexibility index (Phi) is 7.54. The molecule has 1 heterocycles. The van der Waals surface area contributed by atoms with Crippen LogP contribution in [0.25, 0.3) is 5.69 Å². The predicted molar refractivity (Wildman–Crippen MR) is 132 cm³/mol. The smallest absolute Gasteiger partial charge is 0.196 e. The highest BCUT2D eigenvalue weighted by Crippen LogP contribution is 2.28. The highest BCUT2D eigenvalue weighted by Gasteiger charge is 2.17. The van der Waals surface area contributed by atoms with E-state index in [1.54, 1.807) is 31.0 Å². The lowest BCUT2D eigenvalue weighted by Gasteiger charge is -2.18. The number of phenols is 1. The second kappa shape index (κ2) is 10.7. The van der Waals surface area contributed by atoms with Gasteiger partial charge in [0.2, 0.25) is 0 Å². The molecule has 0 unspecified atom stereocenters. The second-order valence-electron chi connectivity index (χ2n) is 7.69. The summed E-state index contributed by atoms with van der Waals surface area (Å²) in [6, 6.07) is 23.0. The maximum absolute atomic E-state index is 9.53. The monoisotopic (exact) mass is 480 g/mol. The Morgan fingerprint density at radius 2 is 1.76 bits per heavy atom. The van der Waals surface area contributed by atoms with Crippen LogP contribution in [0.15, 0.2) is 78.0 Å². The Hall–Kier alpha value is -3.00. The summed E-state index contributed by atoms with van der Waals surface area (Å²) in [5.41, 5.74) is 3.18. The highest BCUT2D eigenvalue weighted by molar-refractivity contribution is 7.98. The van der Waals surface area contributed by atoms with E-state index in [9.17, 15) is 5.11 Å². The number of ether oxygens (including phenoxy) is 1. The average molecular weight is 481 g/mol. The Bertz CT molecular complexity index is 1210. The topological polar surface area (TPSA) is 63.4 Å². The molecule has 4 aromatic rings. The first kappa shape index (κ1) is 23.2. The van der Waals surface area contributed by atoms with Gasteiger partial charge in [-0.1, -0.05) is 53.7 Å². The number of thioether (sulfide) groups is 1. The number of aromatic hydroxyl groups is 1. The van der Waals surface area contributed by atoms with Gasteiger partial charge in [0.25, 0.3) is 0 Å². The number of nitrogens with zero attached hydrogens (tertiary/aromatic N) is 4. The molecule has 170 valence electrons. The summed E-state index contributed by atoms with van der Waals surface area (Å²) in [7, 11) is 3.70. The predicted octanol–water partition coefficient (Wildman–Crippen LogP) is 5.56. The van der Waals surface area contributed by atoms with E-state index in [2.05, 4.69) is 25.7 Å². The number of rotatable bonds is 9. The van der Waals surface area contributed by atoms with Crippen molar-refractivity contribution in [1.29, 1.82) is 0 Å². The molecule has 0 radical (unpaired) electrons. The zero-order valence-corrected chi connectivity index (χ0v) is 20.1. The van der Waals surface area contributed by atoms with Gasteiger partial charge in [-0.2, -0.15) is 0 Å². The molecule has 33 heavy (non-hydrogen) atoms. The highest BCUT2D eigenvalue weighted by atomic mass is 35.5. The standard InChI is InChI=1S/C25H25ClN4O2S/c1-29(15-18-9-11-22(31)12-10-18)16-24-27-28-25(33-17-19-5-3-6-20(26)13-19)30(24)21-7-4-8-23(14-21)32-2/h3-14,31H,15-17H2,1-2H3. The Labute approximate surface area is 202 Å². The third-order valence-electron chi connectivity index (χ3n) is 5.07.